The zero-order valence-electron chi connectivity index (χ0n) is 11.6. The van der Waals surface area contributed by atoms with E-state index in [0.717, 1.165) is 0 Å². The van der Waals surface area contributed by atoms with Crippen LogP contribution in [0.5, 0.6) is 0 Å². The summed E-state index contributed by atoms with van der Waals surface area (Å²) >= 11 is 0. The molecule has 0 aromatic heterocycles. The number of nitro benzene ring substituents is 1. The summed E-state index contributed by atoms with van der Waals surface area (Å²) < 4.78 is 26.7. The first-order valence-corrected chi connectivity index (χ1v) is 7.60. The molecule has 0 saturated carbocycles. The SMILES string of the molecule is CC[C@H](CO)NS(=O)(=O)c1cc(C)c(C)cc1[N+](=O)[O-]. The van der Waals surface area contributed by atoms with Crippen molar-refractivity contribution in [3.8, 4) is 0 Å². The fourth-order valence-corrected chi connectivity index (χ4v) is 3.21. The van der Waals surface area contributed by atoms with Crippen molar-refractivity contribution in [3.63, 3.8) is 0 Å². The van der Waals surface area contributed by atoms with Gasteiger partial charge in [-0.25, -0.2) is 13.1 Å². The Kier molecular flexibility index (Phi) is 5.21. The average Bonchev–Trinajstić information content (AvgIpc) is 2.38. The molecular weight excluding hydrogens is 284 g/mol. The van der Waals surface area contributed by atoms with E-state index in [2.05, 4.69) is 4.72 Å². The van der Waals surface area contributed by atoms with E-state index in [4.69, 9.17) is 5.11 Å². The van der Waals surface area contributed by atoms with Gasteiger partial charge in [-0.3, -0.25) is 10.1 Å². The van der Waals surface area contributed by atoms with E-state index in [1.54, 1.807) is 20.8 Å². The normalized spacial score (nSPS) is 13.2. The number of aliphatic hydroxyl groups is 1. The number of aliphatic hydroxyl groups excluding tert-OH is 1. The molecule has 1 rings (SSSR count). The van der Waals surface area contributed by atoms with Gasteiger partial charge in [-0.1, -0.05) is 6.92 Å². The standard InChI is InChI=1S/C12H18N2O5S/c1-4-10(7-15)13-20(18,19)12-6-9(3)8(2)5-11(12)14(16)17/h5-6,10,13,15H,4,7H2,1-3H3/t10-/m1/s1. The molecule has 0 bridgehead atoms. The number of benzene rings is 1. The van der Waals surface area contributed by atoms with Crippen LogP contribution in [0.15, 0.2) is 17.0 Å². The third-order valence-corrected chi connectivity index (χ3v) is 4.65. The van der Waals surface area contributed by atoms with Gasteiger partial charge in [0.2, 0.25) is 10.0 Å². The molecule has 0 heterocycles. The lowest BCUT2D eigenvalue weighted by Crippen LogP contribution is -2.37. The van der Waals surface area contributed by atoms with Crippen LogP contribution in [0.4, 0.5) is 5.69 Å². The van der Waals surface area contributed by atoms with Crippen LogP contribution in [-0.4, -0.2) is 31.1 Å². The number of sulfonamides is 1. The molecule has 0 amide bonds. The summed E-state index contributed by atoms with van der Waals surface area (Å²) in [6.07, 6.45) is 0.383. The molecule has 7 nitrogen and oxygen atoms in total. The minimum absolute atomic E-state index is 0.367. The van der Waals surface area contributed by atoms with Crippen molar-refractivity contribution in [3.05, 3.63) is 33.4 Å². The lowest BCUT2D eigenvalue weighted by atomic mass is 10.1. The Bertz CT molecular complexity index is 609. The Labute approximate surface area is 117 Å². The van der Waals surface area contributed by atoms with E-state index in [1.165, 1.54) is 12.1 Å². The quantitative estimate of drug-likeness (QED) is 0.607. The Morgan fingerprint density at radius 2 is 1.90 bits per heavy atom. The highest BCUT2D eigenvalue weighted by atomic mass is 32.2. The molecule has 0 aliphatic heterocycles. The lowest BCUT2D eigenvalue weighted by Gasteiger charge is -2.15. The highest BCUT2D eigenvalue weighted by Gasteiger charge is 2.28. The molecule has 0 aliphatic rings. The first kappa shape index (κ1) is 16.5. The Morgan fingerprint density at radius 3 is 2.35 bits per heavy atom. The van der Waals surface area contributed by atoms with Crippen molar-refractivity contribution < 1.29 is 18.4 Å². The molecule has 8 heteroatoms. The Morgan fingerprint density at radius 1 is 1.35 bits per heavy atom. The van der Waals surface area contributed by atoms with E-state index in [9.17, 15) is 18.5 Å². The highest BCUT2D eigenvalue weighted by molar-refractivity contribution is 7.89. The van der Waals surface area contributed by atoms with Crippen LogP contribution in [0, 0.1) is 24.0 Å². The summed E-state index contributed by atoms with van der Waals surface area (Å²) in [5.41, 5.74) is 0.825. The maximum Gasteiger partial charge on any atom is 0.289 e. The molecule has 0 saturated heterocycles. The maximum absolute atomic E-state index is 12.2. The molecule has 1 atom stereocenters. The van der Waals surface area contributed by atoms with Crippen LogP contribution >= 0.6 is 0 Å². The van der Waals surface area contributed by atoms with Gasteiger partial charge in [-0.15, -0.1) is 0 Å². The van der Waals surface area contributed by atoms with Gasteiger partial charge in [0, 0.05) is 12.1 Å². The number of rotatable bonds is 6. The first-order chi connectivity index (χ1) is 9.22. The average molecular weight is 302 g/mol. The van der Waals surface area contributed by atoms with Crippen molar-refractivity contribution in [1.29, 1.82) is 0 Å². The van der Waals surface area contributed by atoms with Crippen molar-refractivity contribution in [2.24, 2.45) is 0 Å². The smallest absolute Gasteiger partial charge is 0.289 e. The van der Waals surface area contributed by atoms with Crippen LogP contribution in [0.3, 0.4) is 0 Å². The molecule has 0 aliphatic carbocycles. The molecule has 1 aromatic carbocycles. The Hall–Kier alpha value is -1.51. The summed E-state index contributed by atoms with van der Waals surface area (Å²) in [7, 11) is -4.05. The molecule has 0 unspecified atom stereocenters. The van der Waals surface area contributed by atoms with E-state index in [1.807, 2.05) is 0 Å². The third-order valence-electron chi connectivity index (χ3n) is 3.10. The van der Waals surface area contributed by atoms with E-state index >= 15 is 0 Å². The Balaban J connectivity index is 3.37. The topological polar surface area (TPSA) is 110 Å². The minimum atomic E-state index is -4.05. The lowest BCUT2D eigenvalue weighted by molar-refractivity contribution is -0.387. The summed E-state index contributed by atoms with van der Waals surface area (Å²) in [5.74, 6) is 0. The molecule has 112 valence electrons. The predicted molar refractivity (Wildman–Crippen MR) is 74.1 cm³/mol. The predicted octanol–water partition coefficient (Wildman–Crippen LogP) is 1.26. The molecule has 20 heavy (non-hydrogen) atoms. The van der Waals surface area contributed by atoms with Gasteiger partial charge in [0.15, 0.2) is 4.90 Å². The van der Waals surface area contributed by atoms with Gasteiger partial charge < -0.3 is 5.11 Å². The molecule has 1 aromatic rings. The second-order valence-electron chi connectivity index (χ2n) is 4.57. The fourth-order valence-electron chi connectivity index (χ4n) is 1.66. The van der Waals surface area contributed by atoms with Crippen LogP contribution in [-0.2, 0) is 10.0 Å². The van der Waals surface area contributed by atoms with Gasteiger partial charge in [0.25, 0.3) is 5.69 Å². The van der Waals surface area contributed by atoms with Gasteiger partial charge >= 0.3 is 0 Å². The maximum atomic E-state index is 12.2. The van der Waals surface area contributed by atoms with Crippen molar-refractivity contribution in [2.45, 2.75) is 38.1 Å². The van der Waals surface area contributed by atoms with Crippen LogP contribution < -0.4 is 4.72 Å². The number of nitrogens with zero attached hydrogens (tertiary/aromatic N) is 1. The van der Waals surface area contributed by atoms with Gasteiger partial charge in [-0.2, -0.15) is 0 Å². The van der Waals surface area contributed by atoms with Crippen LogP contribution in [0.25, 0.3) is 0 Å². The third kappa shape index (κ3) is 3.53. The second-order valence-corrected chi connectivity index (χ2v) is 6.25. The molecular formula is C12H18N2O5S. The van der Waals surface area contributed by atoms with Crippen molar-refractivity contribution in [1.82, 2.24) is 4.72 Å². The van der Waals surface area contributed by atoms with Gasteiger partial charge in [0.05, 0.1) is 11.5 Å². The van der Waals surface area contributed by atoms with Gasteiger partial charge in [-0.05, 0) is 37.5 Å². The number of hydrogen-bond acceptors (Lipinski definition) is 5. The number of hydrogen-bond donors (Lipinski definition) is 2. The zero-order valence-corrected chi connectivity index (χ0v) is 12.4. The van der Waals surface area contributed by atoms with E-state index < -0.39 is 26.7 Å². The molecule has 0 fully saturated rings. The molecule has 0 radical (unpaired) electrons. The number of aryl methyl sites for hydroxylation is 2. The second kappa shape index (κ2) is 6.29. The minimum Gasteiger partial charge on any atom is -0.395 e. The summed E-state index contributed by atoms with van der Waals surface area (Å²) in [4.78, 5) is 9.92. The fraction of sp³-hybridized carbons (Fsp3) is 0.500. The summed E-state index contributed by atoms with van der Waals surface area (Å²) in [6, 6.07) is 1.85. The van der Waals surface area contributed by atoms with E-state index in [0.29, 0.717) is 17.5 Å². The zero-order chi connectivity index (χ0) is 15.5. The summed E-state index contributed by atoms with van der Waals surface area (Å²) in [5, 5.41) is 20.1. The van der Waals surface area contributed by atoms with Crippen molar-refractivity contribution in [2.75, 3.05) is 6.61 Å². The van der Waals surface area contributed by atoms with Gasteiger partial charge in [0.1, 0.15) is 0 Å². The monoisotopic (exact) mass is 302 g/mol. The van der Waals surface area contributed by atoms with Crippen LogP contribution in [0.1, 0.15) is 24.5 Å². The number of nitro groups is 1. The molecule has 0 spiro atoms. The largest absolute Gasteiger partial charge is 0.395 e. The van der Waals surface area contributed by atoms with Crippen molar-refractivity contribution >= 4 is 15.7 Å². The molecule has 2 N–H and O–H groups in total. The number of nitrogens with one attached hydrogen (secondary N) is 1. The summed E-state index contributed by atoms with van der Waals surface area (Å²) in [6.45, 7) is 4.70. The highest BCUT2D eigenvalue weighted by Crippen LogP contribution is 2.27. The first-order valence-electron chi connectivity index (χ1n) is 6.11. The van der Waals surface area contributed by atoms with Crippen LogP contribution in [0.2, 0.25) is 0 Å². The van der Waals surface area contributed by atoms with E-state index in [-0.39, 0.29) is 11.5 Å².